The summed E-state index contributed by atoms with van der Waals surface area (Å²) in [5.41, 5.74) is 12.8. The van der Waals surface area contributed by atoms with Crippen LogP contribution in [0.3, 0.4) is 0 Å². The summed E-state index contributed by atoms with van der Waals surface area (Å²) < 4.78 is 6.86. The number of hydrogen-bond donors (Lipinski definition) is 0. The number of benzene rings is 8. The van der Waals surface area contributed by atoms with E-state index in [9.17, 15) is 5.26 Å². The van der Waals surface area contributed by atoms with Gasteiger partial charge in [0.15, 0.2) is 5.69 Å². The fraction of sp³-hybridized carbons (Fsp3) is 0. The van der Waals surface area contributed by atoms with Crippen molar-refractivity contribution in [3.63, 3.8) is 0 Å². The summed E-state index contributed by atoms with van der Waals surface area (Å²) in [6.07, 6.45) is 0. The van der Waals surface area contributed by atoms with Crippen molar-refractivity contribution < 1.29 is 0 Å². The molecule has 0 saturated heterocycles. The highest BCUT2D eigenvalue weighted by molar-refractivity contribution is 6.13. The number of nitriles is 1. The van der Waals surface area contributed by atoms with Gasteiger partial charge >= 0.3 is 0 Å². The van der Waals surface area contributed by atoms with Crippen molar-refractivity contribution in [2.24, 2.45) is 0 Å². The molecule has 11 rings (SSSR count). The lowest BCUT2D eigenvalue weighted by molar-refractivity contribution is 1.15. The number of para-hydroxylation sites is 4. The highest BCUT2D eigenvalue weighted by atomic mass is 15.0. The first-order valence-corrected chi connectivity index (χ1v) is 18.3. The van der Waals surface area contributed by atoms with Crippen molar-refractivity contribution in [2.45, 2.75) is 0 Å². The standard InChI is InChI=1S/C50H29N5/c1-52-35-22-27-48-43(29-35)41-13-5-8-16-46(41)53(48)36-23-20-32(21-24-36)33-18-19-34(31-51)49(28-33)55-47-17-9-4-12-40(47)42-26-25-37(30-50(42)55)54-44-14-6-2-10-38(44)39-11-3-7-15-45(39)54/h2-30H. The molecule has 5 heteroatoms. The molecule has 55 heavy (non-hydrogen) atoms. The maximum absolute atomic E-state index is 10.5. The molecule has 0 fully saturated rings. The summed E-state index contributed by atoms with van der Waals surface area (Å²) in [7, 11) is 0. The number of rotatable bonds is 4. The maximum atomic E-state index is 10.5. The highest BCUT2D eigenvalue weighted by Crippen LogP contribution is 2.39. The summed E-state index contributed by atoms with van der Waals surface area (Å²) in [5.74, 6) is 0. The van der Waals surface area contributed by atoms with E-state index in [0.29, 0.717) is 11.3 Å². The summed E-state index contributed by atoms with van der Waals surface area (Å²) >= 11 is 0. The molecule has 254 valence electrons. The van der Waals surface area contributed by atoms with Crippen LogP contribution in [0.1, 0.15) is 5.56 Å². The minimum Gasteiger partial charge on any atom is -0.309 e. The molecular formula is C50H29N5. The van der Waals surface area contributed by atoms with Gasteiger partial charge < -0.3 is 13.7 Å². The molecular weight excluding hydrogens is 671 g/mol. The van der Waals surface area contributed by atoms with Crippen LogP contribution in [-0.4, -0.2) is 13.7 Å². The van der Waals surface area contributed by atoms with E-state index in [2.05, 4.69) is 164 Å². The van der Waals surface area contributed by atoms with Gasteiger partial charge in [0.05, 0.1) is 50.9 Å². The molecule has 8 aromatic carbocycles. The molecule has 0 radical (unpaired) electrons. The Morgan fingerprint density at radius 1 is 0.400 bits per heavy atom. The second-order valence-electron chi connectivity index (χ2n) is 14.0. The van der Waals surface area contributed by atoms with Crippen molar-refractivity contribution in [3.05, 3.63) is 193 Å². The largest absolute Gasteiger partial charge is 0.309 e. The zero-order valence-electron chi connectivity index (χ0n) is 29.5. The lowest BCUT2D eigenvalue weighted by Crippen LogP contribution is -2.00. The van der Waals surface area contributed by atoms with E-state index in [1.807, 2.05) is 36.4 Å². The molecule has 0 bridgehead atoms. The first-order valence-electron chi connectivity index (χ1n) is 18.3. The quantitative estimate of drug-likeness (QED) is 0.169. The normalized spacial score (nSPS) is 11.6. The van der Waals surface area contributed by atoms with Crippen molar-refractivity contribution >= 4 is 71.1 Å². The molecule has 0 N–H and O–H groups in total. The molecule has 11 aromatic rings. The number of aromatic nitrogens is 3. The van der Waals surface area contributed by atoms with E-state index < -0.39 is 0 Å². The number of hydrogen-bond acceptors (Lipinski definition) is 1. The Labute approximate surface area is 316 Å². The molecule has 0 unspecified atom stereocenters. The van der Waals surface area contributed by atoms with Crippen LogP contribution in [0.2, 0.25) is 0 Å². The molecule has 3 heterocycles. The van der Waals surface area contributed by atoms with Crippen LogP contribution in [0.4, 0.5) is 5.69 Å². The predicted octanol–water partition coefficient (Wildman–Crippen LogP) is 13.1. The van der Waals surface area contributed by atoms with Crippen LogP contribution >= 0.6 is 0 Å². The first kappa shape index (κ1) is 30.7. The first-order chi connectivity index (χ1) is 27.2. The molecule has 0 saturated carbocycles. The van der Waals surface area contributed by atoms with Gasteiger partial charge in [-0.05, 0) is 89.3 Å². The van der Waals surface area contributed by atoms with Gasteiger partial charge in [0.25, 0.3) is 0 Å². The molecule has 0 aliphatic heterocycles. The zero-order valence-corrected chi connectivity index (χ0v) is 29.5. The summed E-state index contributed by atoms with van der Waals surface area (Å²) in [6.45, 7) is 7.56. The van der Waals surface area contributed by atoms with E-state index in [0.717, 1.165) is 82.8 Å². The minimum absolute atomic E-state index is 0.606. The van der Waals surface area contributed by atoms with Crippen LogP contribution in [0.5, 0.6) is 0 Å². The van der Waals surface area contributed by atoms with E-state index >= 15 is 0 Å². The number of nitrogens with zero attached hydrogens (tertiary/aromatic N) is 5. The molecule has 0 amide bonds. The Morgan fingerprint density at radius 3 is 1.49 bits per heavy atom. The van der Waals surface area contributed by atoms with Crippen LogP contribution in [0.15, 0.2) is 176 Å². The molecule has 5 nitrogen and oxygen atoms in total. The van der Waals surface area contributed by atoms with Crippen LogP contribution in [-0.2, 0) is 0 Å². The Bertz CT molecular complexity index is 3400. The van der Waals surface area contributed by atoms with Gasteiger partial charge in [0, 0.05) is 38.3 Å². The van der Waals surface area contributed by atoms with Crippen molar-refractivity contribution in [2.75, 3.05) is 0 Å². The molecule has 0 aliphatic rings. The summed E-state index contributed by atoms with van der Waals surface area (Å²) in [6, 6.07) is 63.8. The number of fused-ring (bicyclic) bond motifs is 9. The topological polar surface area (TPSA) is 42.9 Å². The average Bonchev–Trinajstić information content (AvgIpc) is 3.88. The van der Waals surface area contributed by atoms with Gasteiger partial charge in [-0.25, -0.2) is 4.85 Å². The van der Waals surface area contributed by atoms with Gasteiger partial charge in [-0.2, -0.15) is 5.26 Å². The predicted molar refractivity (Wildman–Crippen MR) is 226 cm³/mol. The Morgan fingerprint density at radius 2 is 0.891 bits per heavy atom. The SMILES string of the molecule is [C-]#[N+]c1ccc2c(c1)c1ccccc1n2-c1ccc(-c2ccc(C#N)c(-n3c4ccccc4c4ccc(-n5c6ccccc6c6ccccc65)cc43)c2)cc1. The fourth-order valence-corrected chi connectivity index (χ4v) is 8.66. The van der Waals surface area contributed by atoms with E-state index in [-0.39, 0.29) is 0 Å². The monoisotopic (exact) mass is 699 g/mol. The smallest absolute Gasteiger partial charge is 0.188 e. The van der Waals surface area contributed by atoms with Gasteiger partial charge in [-0.3, -0.25) is 0 Å². The Kier molecular flexibility index (Phi) is 6.61. The third kappa shape index (κ3) is 4.51. The average molecular weight is 700 g/mol. The van der Waals surface area contributed by atoms with E-state index in [4.69, 9.17) is 6.57 Å². The van der Waals surface area contributed by atoms with E-state index in [1.54, 1.807) is 0 Å². The Hall–Kier alpha value is -7.86. The van der Waals surface area contributed by atoms with Gasteiger partial charge in [0.2, 0.25) is 0 Å². The minimum atomic E-state index is 0.606. The second-order valence-corrected chi connectivity index (χ2v) is 14.0. The molecule has 3 aromatic heterocycles. The van der Waals surface area contributed by atoms with Crippen LogP contribution < -0.4 is 0 Å². The summed E-state index contributed by atoms with van der Waals surface area (Å²) in [5, 5.41) is 17.4. The van der Waals surface area contributed by atoms with Crippen LogP contribution in [0.25, 0.3) is 98.5 Å². The zero-order chi connectivity index (χ0) is 36.6. The van der Waals surface area contributed by atoms with Gasteiger partial charge in [-0.1, -0.05) is 103 Å². The van der Waals surface area contributed by atoms with Crippen LogP contribution in [0, 0.1) is 17.9 Å². The third-order valence-corrected chi connectivity index (χ3v) is 11.1. The third-order valence-electron chi connectivity index (χ3n) is 11.1. The molecule has 0 atom stereocenters. The fourth-order valence-electron chi connectivity index (χ4n) is 8.66. The lowest BCUT2D eigenvalue weighted by atomic mass is 10.0. The van der Waals surface area contributed by atoms with Crippen molar-refractivity contribution in [1.29, 1.82) is 5.26 Å². The Balaban J connectivity index is 1.08. The second kappa shape index (κ2) is 11.8. The highest BCUT2D eigenvalue weighted by Gasteiger charge is 2.19. The van der Waals surface area contributed by atoms with Crippen molar-refractivity contribution in [1.82, 2.24) is 13.7 Å². The van der Waals surface area contributed by atoms with Gasteiger partial charge in [-0.15, -0.1) is 0 Å². The van der Waals surface area contributed by atoms with Gasteiger partial charge in [0.1, 0.15) is 6.07 Å². The summed E-state index contributed by atoms with van der Waals surface area (Å²) in [4.78, 5) is 3.68. The van der Waals surface area contributed by atoms with E-state index in [1.165, 1.54) is 10.8 Å². The van der Waals surface area contributed by atoms with Crippen molar-refractivity contribution in [3.8, 4) is 34.3 Å². The lowest BCUT2D eigenvalue weighted by Gasteiger charge is -2.14. The maximum Gasteiger partial charge on any atom is 0.188 e. The molecule has 0 spiro atoms. The molecule has 0 aliphatic carbocycles.